The van der Waals surface area contributed by atoms with E-state index in [1.54, 1.807) is 16.9 Å². The Labute approximate surface area is 87.1 Å². The third-order valence-corrected chi connectivity index (χ3v) is 2.05. The summed E-state index contributed by atoms with van der Waals surface area (Å²) in [4.78, 5) is 11.3. The predicted molar refractivity (Wildman–Crippen MR) is 56.5 cm³/mol. The average Bonchev–Trinajstić information content (AvgIpc) is 2.65. The number of hydrogen-bond acceptors (Lipinski definition) is 3. The lowest BCUT2D eigenvalue weighted by molar-refractivity contribution is -0.116. The van der Waals surface area contributed by atoms with Crippen molar-refractivity contribution in [2.75, 3.05) is 5.32 Å². The Hall–Kier alpha value is -1.91. The van der Waals surface area contributed by atoms with E-state index in [0.29, 0.717) is 6.42 Å². The molecule has 1 amide bonds. The Bertz CT molecular complexity index is 477. The number of rotatable bonds is 3. The maximum Gasteiger partial charge on any atom is 0.224 e. The molecule has 2 heterocycles. The molecule has 2 aromatic rings. The lowest BCUT2D eigenvalue weighted by Crippen LogP contribution is -2.10. The van der Waals surface area contributed by atoms with E-state index in [2.05, 4.69) is 15.5 Å². The van der Waals surface area contributed by atoms with Gasteiger partial charge in [0.25, 0.3) is 0 Å². The molecule has 1 N–H and O–H groups in total. The Balaban J connectivity index is 2.17. The molecular weight excluding hydrogens is 192 g/mol. The summed E-state index contributed by atoms with van der Waals surface area (Å²) in [5.41, 5.74) is 1.53. The number of hydrogen-bond donors (Lipinski definition) is 1. The summed E-state index contributed by atoms with van der Waals surface area (Å²) < 4.78 is 1.77. The first-order chi connectivity index (χ1) is 7.29. The van der Waals surface area contributed by atoms with Crippen LogP contribution in [0.1, 0.15) is 19.8 Å². The highest BCUT2D eigenvalue weighted by Gasteiger charge is 2.01. The quantitative estimate of drug-likeness (QED) is 0.823. The van der Waals surface area contributed by atoms with E-state index in [0.717, 1.165) is 17.8 Å². The minimum Gasteiger partial charge on any atom is -0.325 e. The third kappa shape index (κ3) is 2.12. The molecule has 2 aromatic heterocycles. The van der Waals surface area contributed by atoms with Gasteiger partial charge in [0, 0.05) is 12.6 Å². The van der Waals surface area contributed by atoms with Crippen LogP contribution in [0.4, 0.5) is 5.69 Å². The van der Waals surface area contributed by atoms with Crippen LogP contribution < -0.4 is 5.32 Å². The van der Waals surface area contributed by atoms with Gasteiger partial charge in [0.05, 0.1) is 5.69 Å². The maximum absolute atomic E-state index is 11.3. The van der Waals surface area contributed by atoms with Crippen molar-refractivity contribution in [1.82, 2.24) is 14.6 Å². The molecule has 0 fully saturated rings. The van der Waals surface area contributed by atoms with Gasteiger partial charge in [-0.05, 0) is 18.6 Å². The van der Waals surface area contributed by atoms with Crippen molar-refractivity contribution in [2.24, 2.45) is 0 Å². The first-order valence-electron chi connectivity index (χ1n) is 4.89. The van der Waals surface area contributed by atoms with Crippen molar-refractivity contribution in [2.45, 2.75) is 19.8 Å². The van der Waals surface area contributed by atoms with Crippen LogP contribution in [0.25, 0.3) is 5.65 Å². The van der Waals surface area contributed by atoms with E-state index in [1.165, 1.54) is 0 Å². The Morgan fingerprint density at radius 1 is 1.53 bits per heavy atom. The zero-order valence-corrected chi connectivity index (χ0v) is 8.47. The summed E-state index contributed by atoms with van der Waals surface area (Å²) in [7, 11) is 0. The van der Waals surface area contributed by atoms with E-state index in [4.69, 9.17) is 0 Å². The molecule has 0 saturated carbocycles. The van der Waals surface area contributed by atoms with Gasteiger partial charge in [-0.15, -0.1) is 10.2 Å². The largest absolute Gasteiger partial charge is 0.325 e. The number of fused-ring (bicyclic) bond motifs is 1. The van der Waals surface area contributed by atoms with Gasteiger partial charge in [-0.2, -0.15) is 0 Å². The molecular formula is C10H12N4O. The molecule has 0 spiro atoms. The second kappa shape index (κ2) is 4.08. The highest BCUT2D eigenvalue weighted by Crippen LogP contribution is 2.09. The van der Waals surface area contributed by atoms with Crippen LogP contribution in [0, 0.1) is 0 Å². The third-order valence-electron chi connectivity index (χ3n) is 2.05. The van der Waals surface area contributed by atoms with Gasteiger partial charge in [0.1, 0.15) is 6.33 Å². The smallest absolute Gasteiger partial charge is 0.224 e. The number of aromatic nitrogens is 3. The molecule has 0 aliphatic rings. The van der Waals surface area contributed by atoms with Gasteiger partial charge < -0.3 is 5.32 Å². The monoisotopic (exact) mass is 204 g/mol. The summed E-state index contributed by atoms with van der Waals surface area (Å²) in [5.74, 6) is 0.0323. The highest BCUT2D eigenvalue weighted by atomic mass is 16.1. The lowest BCUT2D eigenvalue weighted by atomic mass is 10.3. The number of carbonyl (C=O) groups is 1. The van der Waals surface area contributed by atoms with Crippen molar-refractivity contribution in [3.8, 4) is 0 Å². The standard InChI is InChI=1S/C10H12N4O/c1-2-3-10(15)12-8-4-5-9-13-11-7-14(9)6-8/h4-7H,2-3H2,1H3,(H,12,15). The van der Waals surface area contributed by atoms with Crippen molar-refractivity contribution in [3.05, 3.63) is 24.7 Å². The second-order valence-electron chi connectivity index (χ2n) is 3.31. The second-order valence-corrected chi connectivity index (χ2v) is 3.31. The van der Waals surface area contributed by atoms with Crippen LogP contribution in [0.3, 0.4) is 0 Å². The van der Waals surface area contributed by atoms with E-state index >= 15 is 0 Å². The van der Waals surface area contributed by atoms with Gasteiger partial charge >= 0.3 is 0 Å². The molecule has 2 rings (SSSR count). The number of amides is 1. The highest BCUT2D eigenvalue weighted by molar-refractivity contribution is 5.90. The first-order valence-corrected chi connectivity index (χ1v) is 4.89. The summed E-state index contributed by atoms with van der Waals surface area (Å²) in [6.07, 6.45) is 4.79. The zero-order valence-electron chi connectivity index (χ0n) is 8.47. The lowest BCUT2D eigenvalue weighted by Gasteiger charge is -2.03. The van der Waals surface area contributed by atoms with E-state index in [9.17, 15) is 4.79 Å². The number of nitrogens with zero attached hydrogens (tertiary/aromatic N) is 3. The van der Waals surface area contributed by atoms with Crippen LogP contribution >= 0.6 is 0 Å². The van der Waals surface area contributed by atoms with Crippen LogP contribution in [0.15, 0.2) is 24.7 Å². The number of nitrogens with one attached hydrogen (secondary N) is 1. The van der Waals surface area contributed by atoms with Crippen LogP contribution in [-0.2, 0) is 4.79 Å². The zero-order chi connectivity index (χ0) is 10.7. The molecule has 0 bridgehead atoms. The first kappa shape index (κ1) is 9.64. The average molecular weight is 204 g/mol. The number of carbonyl (C=O) groups excluding carboxylic acids is 1. The van der Waals surface area contributed by atoms with Crippen molar-refractivity contribution < 1.29 is 4.79 Å². The van der Waals surface area contributed by atoms with Gasteiger partial charge in [0.15, 0.2) is 5.65 Å². The molecule has 0 atom stereocenters. The molecule has 0 aromatic carbocycles. The number of pyridine rings is 1. The molecule has 0 unspecified atom stereocenters. The van der Waals surface area contributed by atoms with Gasteiger partial charge in [-0.25, -0.2) is 0 Å². The van der Waals surface area contributed by atoms with Crippen molar-refractivity contribution >= 4 is 17.2 Å². The minimum atomic E-state index is 0.0323. The Morgan fingerprint density at radius 3 is 3.20 bits per heavy atom. The molecule has 78 valence electrons. The normalized spacial score (nSPS) is 10.5. The molecule has 5 nitrogen and oxygen atoms in total. The molecule has 15 heavy (non-hydrogen) atoms. The Kier molecular flexibility index (Phi) is 2.62. The van der Waals surface area contributed by atoms with Gasteiger partial charge in [-0.1, -0.05) is 6.92 Å². The van der Waals surface area contributed by atoms with Crippen molar-refractivity contribution in [3.63, 3.8) is 0 Å². The Morgan fingerprint density at radius 2 is 2.40 bits per heavy atom. The molecule has 0 aliphatic heterocycles. The van der Waals surface area contributed by atoms with Gasteiger partial charge in [-0.3, -0.25) is 9.20 Å². The minimum absolute atomic E-state index is 0.0323. The molecule has 5 heteroatoms. The number of anilines is 1. The summed E-state index contributed by atoms with van der Waals surface area (Å²) in [6, 6.07) is 3.63. The van der Waals surface area contributed by atoms with Crippen LogP contribution in [-0.4, -0.2) is 20.5 Å². The van der Waals surface area contributed by atoms with Gasteiger partial charge in [0.2, 0.25) is 5.91 Å². The van der Waals surface area contributed by atoms with Crippen LogP contribution in [0.2, 0.25) is 0 Å². The fraction of sp³-hybridized carbons (Fsp3) is 0.300. The fourth-order valence-corrected chi connectivity index (χ4v) is 1.35. The fourth-order valence-electron chi connectivity index (χ4n) is 1.35. The summed E-state index contributed by atoms with van der Waals surface area (Å²) >= 11 is 0. The topological polar surface area (TPSA) is 59.3 Å². The summed E-state index contributed by atoms with van der Waals surface area (Å²) in [6.45, 7) is 1.97. The predicted octanol–water partition coefficient (Wildman–Crippen LogP) is 1.47. The van der Waals surface area contributed by atoms with E-state index < -0.39 is 0 Å². The molecule has 0 saturated heterocycles. The van der Waals surface area contributed by atoms with E-state index in [1.807, 2.05) is 19.1 Å². The molecule has 0 radical (unpaired) electrons. The molecule has 0 aliphatic carbocycles. The van der Waals surface area contributed by atoms with Crippen LogP contribution in [0.5, 0.6) is 0 Å². The summed E-state index contributed by atoms with van der Waals surface area (Å²) in [5, 5.41) is 10.4. The maximum atomic E-state index is 11.3. The van der Waals surface area contributed by atoms with E-state index in [-0.39, 0.29) is 5.91 Å². The van der Waals surface area contributed by atoms with Crippen molar-refractivity contribution in [1.29, 1.82) is 0 Å². The SMILES string of the molecule is CCCC(=O)Nc1ccc2nncn2c1.